The number of hydrogen-bond donors (Lipinski definition) is 1. The van der Waals surface area contributed by atoms with E-state index in [0.29, 0.717) is 6.04 Å². The Balaban J connectivity index is 2.11. The number of aryl methyl sites for hydroxylation is 1. The first kappa shape index (κ1) is 15.1. The van der Waals surface area contributed by atoms with Crippen LogP contribution >= 0.6 is 11.6 Å². The molecule has 0 bridgehead atoms. The standard InChI is InChI=1S/C18H22ClN/c1-4-18(15-10-8-13(2)9-11-15)20-14(3)16-6-5-7-17(19)12-16/h5-12,14,18,20H,4H2,1-3H3/t14-,18?/m1/s1. The molecule has 2 rings (SSSR count). The van der Waals surface area contributed by atoms with Crippen molar-refractivity contribution in [2.24, 2.45) is 0 Å². The molecule has 0 saturated heterocycles. The molecule has 0 aliphatic carbocycles. The molecule has 0 spiro atoms. The van der Waals surface area contributed by atoms with Crippen LogP contribution in [0.2, 0.25) is 5.02 Å². The number of rotatable bonds is 5. The molecule has 0 heterocycles. The van der Waals surface area contributed by atoms with Gasteiger partial charge in [0.25, 0.3) is 0 Å². The highest BCUT2D eigenvalue weighted by Gasteiger charge is 2.13. The van der Waals surface area contributed by atoms with Crippen LogP contribution in [0.1, 0.15) is 49.0 Å². The Bertz CT molecular complexity index is 548. The first-order valence-corrected chi connectivity index (χ1v) is 7.56. The molecule has 1 nitrogen and oxygen atoms in total. The number of benzene rings is 2. The van der Waals surface area contributed by atoms with Crippen LogP contribution in [-0.4, -0.2) is 0 Å². The van der Waals surface area contributed by atoms with Gasteiger partial charge >= 0.3 is 0 Å². The molecule has 0 aliphatic heterocycles. The SMILES string of the molecule is CCC(N[C@H](C)c1cccc(Cl)c1)c1ccc(C)cc1. The average molecular weight is 288 g/mol. The normalized spacial score (nSPS) is 14.0. The Morgan fingerprint density at radius 3 is 2.35 bits per heavy atom. The van der Waals surface area contributed by atoms with Crippen molar-refractivity contribution < 1.29 is 0 Å². The van der Waals surface area contributed by atoms with Gasteiger partial charge in [0.05, 0.1) is 0 Å². The molecule has 20 heavy (non-hydrogen) atoms. The van der Waals surface area contributed by atoms with E-state index in [2.05, 4.69) is 56.4 Å². The van der Waals surface area contributed by atoms with Gasteiger partial charge < -0.3 is 5.32 Å². The molecule has 0 amide bonds. The van der Waals surface area contributed by atoms with E-state index in [1.165, 1.54) is 16.7 Å². The van der Waals surface area contributed by atoms with Gasteiger partial charge in [-0.15, -0.1) is 0 Å². The smallest absolute Gasteiger partial charge is 0.0409 e. The zero-order valence-electron chi connectivity index (χ0n) is 12.4. The zero-order chi connectivity index (χ0) is 14.5. The summed E-state index contributed by atoms with van der Waals surface area (Å²) in [6.45, 7) is 6.51. The van der Waals surface area contributed by atoms with Crippen molar-refractivity contribution in [2.45, 2.75) is 39.3 Å². The van der Waals surface area contributed by atoms with Crippen molar-refractivity contribution in [3.8, 4) is 0 Å². The van der Waals surface area contributed by atoms with Crippen LogP contribution in [0.3, 0.4) is 0 Å². The Morgan fingerprint density at radius 2 is 1.75 bits per heavy atom. The van der Waals surface area contributed by atoms with E-state index in [1.807, 2.05) is 18.2 Å². The highest BCUT2D eigenvalue weighted by molar-refractivity contribution is 6.30. The van der Waals surface area contributed by atoms with E-state index in [1.54, 1.807) is 0 Å². The van der Waals surface area contributed by atoms with Gasteiger partial charge in [-0.1, -0.05) is 60.5 Å². The fourth-order valence-electron chi connectivity index (χ4n) is 2.42. The summed E-state index contributed by atoms with van der Waals surface area (Å²) < 4.78 is 0. The summed E-state index contributed by atoms with van der Waals surface area (Å²) >= 11 is 6.07. The Hall–Kier alpha value is -1.31. The average Bonchev–Trinajstić information content (AvgIpc) is 2.45. The van der Waals surface area contributed by atoms with Gasteiger partial charge in [-0.3, -0.25) is 0 Å². The van der Waals surface area contributed by atoms with Crippen molar-refractivity contribution in [2.75, 3.05) is 0 Å². The second-order valence-electron chi connectivity index (χ2n) is 5.31. The third kappa shape index (κ3) is 3.84. The van der Waals surface area contributed by atoms with Gasteiger partial charge in [-0.05, 0) is 43.5 Å². The van der Waals surface area contributed by atoms with E-state index < -0.39 is 0 Å². The molecule has 2 heteroatoms. The third-order valence-electron chi connectivity index (χ3n) is 3.69. The second-order valence-corrected chi connectivity index (χ2v) is 5.75. The zero-order valence-corrected chi connectivity index (χ0v) is 13.1. The summed E-state index contributed by atoms with van der Waals surface area (Å²) in [5.74, 6) is 0. The number of nitrogens with one attached hydrogen (secondary N) is 1. The Labute approximate surface area is 127 Å². The molecule has 0 fully saturated rings. The number of hydrogen-bond acceptors (Lipinski definition) is 1. The minimum absolute atomic E-state index is 0.278. The summed E-state index contributed by atoms with van der Waals surface area (Å²) in [7, 11) is 0. The maximum atomic E-state index is 6.07. The van der Waals surface area contributed by atoms with Crippen LogP contribution < -0.4 is 5.32 Å². The summed E-state index contributed by atoms with van der Waals surface area (Å²) in [5.41, 5.74) is 3.86. The first-order chi connectivity index (χ1) is 9.60. The van der Waals surface area contributed by atoms with Gasteiger partial charge in [-0.25, -0.2) is 0 Å². The molecule has 2 atom stereocenters. The van der Waals surface area contributed by atoms with Gasteiger partial charge in [0.2, 0.25) is 0 Å². The summed E-state index contributed by atoms with van der Waals surface area (Å²) in [6.07, 6.45) is 1.06. The molecule has 1 N–H and O–H groups in total. The van der Waals surface area contributed by atoms with Gasteiger partial charge in [0.1, 0.15) is 0 Å². The molecule has 2 aromatic rings. The molecule has 0 saturated carbocycles. The van der Waals surface area contributed by atoms with Crippen LogP contribution in [0.15, 0.2) is 48.5 Å². The lowest BCUT2D eigenvalue weighted by Crippen LogP contribution is -2.24. The van der Waals surface area contributed by atoms with Crippen molar-refractivity contribution in [3.63, 3.8) is 0 Å². The summed E-state index contributed by atoms with van der Waals surface area (Å²) in [6, 6.07) is 17.5. The predicted octanol–water partition coefficient (Wildman–Crippen LogP) is 5.45. The quantitative estimate of drug-likeness (QED) is 0.771. The van der Waals surface area contributed by atoms with E-state index >= 15 is 0 Å². The van der Waals surface area contributed by atoms with Crippen LogP contribution in [0.5, 0.6) is 0 Å². The van der Waals surface area contributed by atoms with Gasteiger partial charge in [0, 0.05) is 17.1 Å². The Morgan fingerprint density at radius 1 is 1.05 bits per heavy atom. The van der Waals surface area contributed by atoms with E-state index in [0.717, 1.165) is 11.4 Å². The fourth-order valence-corrected chi connectivity index (χ4v) is 2.62. The minimum Gasteiger partial charge on any atom is -0.303 e. The Kier molecular flexibility index (Phi) is 5.22. The van der Waals surface area contributed by atoms with Crippen LogP contribution in [-0.2, 0) is 0 Å². The predicted molar refractivity (Wildman–Crippen MR) is 87.2 cm³/mol. The monoisotopic (exact) mass is 287 g/mol. The van der Waals surface area contributed by atoms with Crippen molar-refractivity contribution in [3.05, 3.63) is 70.2 Å². The molecule has 2 aromatic carbocycles. The van der Waals surface area contributed by atoms with Crippen molar-refractivity contribution in [1.29, 1.82) is 0 Å². The topological polar surface area (TPSA) is 12.0 Å². The second kappa shape index (κ2) is 6.92. The van der Waals surface area contributed by atoms with Crippen LogP contribution in [0.4, 0.5) is 0 Å². The molecule has 0 radical (unpaired) electrons. The third-order valence-corrected chi connectivity index (χ3v) is 3.92. The maximum absolute atomic E-state index is 6.07. The molecular weight excluding hydrogens is 266 g/mol. The van der Waals surface area contributed by atoms with E-state index in [4.69, 9.17) is 11.6 Å². The lowest BCUT2D eigenvalue weighted by atomic mass is 10.0. The minimum atomic E-state index is 0.278. The largest absolute Gasteiger partial charge is 0.303 e. The van der Waals surface area contributed by atoms with Gasteiger partial charge in [-0.2, -0.15) is 0 Å². The first-order valence-electron chi connectivity index (χ1n) is 7.18. The van der Waals surface area contributed by atoms with Crippen molar-refractivity contribution >= 4 is 11.6 Å². The summed E-state index contributed by atoms with van der Waals surface area (Å²) in [4.78, 5) is 0. The summed E-state index contributed by atoms with van der Waals surface area (Å²) in [5, 5.41) is 4.48. The van der Waals surface area contributed by atoms with E-state index in [-0.39, 0.29) is 6.04 Å². The van der Waals surface area contributed by atoms with Crippen LogP contribution in [0.25, 0.3) is 0 Å². The maximum Gasteiger partial charge on any atom is 0.0409 e. The van der Waals surface area contributed by atoms with E-state index in [9.17, 15) is 0 Å². The van der Waals surface area contributed by atoms with Gasteiger partial charge in [0.15, 0.2) is 0 Å². The highest BCUT2D eigenvalue weighted by Crippen LogP contribution is 2.24. The highest BCUT2D eigenvalue weighted by atomic mass is 35.5. The molecule has 0 aromatic heterocycles. The fraction of sp³-hybridized carbons (Fsp3) is 0.333. The lowest BCUT2D eigenvalue weighted by Gasteiger charge is -2.23. The van der Waals surface area contributed by atoms with Crippen molar-refractivity contribution in [1.82, 2.24) is 5.32 Å². The molecule has 1 unspecified atom stereocenters. The number of halogens is 1. The van der Waals surface area contributed by atoms with Crippen LogP contribution in [0, 0.1) is 6.92 Å². The molecule has 106 valence electrons. The molecule has 0 aliphatic rings. The molecular formula is C18H22ClN. The lowest BCUT2D eigenvalue weighted by molar-refractivity contribution is 0.456.